The normalized spacial score (nSPS) is 10.3. The van der Waals surface area contributed by atoms with Gasteiger partial charge < -0.3 is 14.3 Å². The fraction of sp³-hybridized carbons (Fsp3) is 0.316. The molecule has 3 heteroatoms. The average molecular weight is 298 g/mol. The smallest absolute Gasteiger partial charge is 0.161 e. The molecule has 0 aromatic heterocycles. The molecule has 0 aliphatic heterocycles. The van der Waals surface area contributed by atoms with Crippen molar-refractivity contribution in [1.29, 1.82) is 0 Å². The molecule has 0 fully saturated rings. The highest BCUT2D eigenvalue weighted by Crippen LogP contribution is 2.29. The number of aryl methyl sites for hydroxylation is 2. The fourth-order valence-electron chi connectivity index (χ4n) is 2.16. The predicted molar refractivity (Wildman–Crippen MR) is 87.5 cm³/mol. The van der Waals surface area contributed by atoms with Crippen LogP contribution in [0.25, 0.3) is 0 Å². The summed E-state index contributed by atoms with van der Waals surface area (Å²) in [6.45, 7) is 4.16. The Hall–Kier alpha value is -2.29. The molecule has 2 aromatic carbocycles. The lowest BCUT2D eigenvalue weighted by molar-refractivity contribution is -0.116. The number of Topliss-reactive ketones (excluding diaryl/α,β-unsaturated/α-hetero) is 1. The quantitative estimate of drug-likeness (QED) is 0.772. The number of ether oxygens (including phenoxy) is 2. The number of hydrogen-bond acceptors (Lipinski definition) is 3. The maximum Gasteiger partial charge on any atom is 0.161 e. The number of ketones is 1. The van der Waals surface area contributed by atoms with Crippen molar-refractivity contribution >= 4 is 5.78 Å². The van der Waals surface area contributed by atoms with E-state index in [4.69, 9.17) is 9.47 Å². The Labute approximate surface area is 131 Å². The van der Waals surface area contributed by atoms with Crippen molar-refractivity contribution in [1.82, 2.24) is 0 Å². The lowest BCUT2D eigenvalue weighted by Gasteiger charge is -2.12. The summed E-state index contributed by atoms with van der Waals surface area (Å²) in [7, 11) is 1.63. The molecule has 0 atom stereocenters. The first kappa shape index (κ1) is 16.1. The van der Waals surface area contributed by atoms with Crippen LogP contribution in [0.3, 0.4) is 0 Å². The van der Waals surface area contributed by atoms with Gasteiger partial charge in [0.2, 0.25) is 0 Å². The molecule has 0 bridgehead atoms. The van der Waals surface area contributed by atoms with E-state index in [0.29, 0.717) is 24.5 Å². The van der Waals surface area contributed by atoms with Crippen LogP contribution in [0.15, 0.2) is 42.5 Å². The monoisotopic (exact) mass is 298 g/mol. The van der Waals surface area contributed by atoms with Crippen molar-refractivity contribution in [3.63, 3.8) is 0 Å². The molecule has 0 saturated carbocycles. The molecular weight excluding hydrogens is 276 g/mol. The first-order chi connectivity index (χ1) is 10.6. The van der Waals surface area contributed by atoms with Crippen molar-refractivity contribution in [2.24, 2.45) is 0 Å². The van der Waals surface area contributed by atoms with Gasteiger partial charge in [-0.25, -0.2) is 0 Å². The van der Waals surface area contributed by atoms with Crippen molar-refractivity contribution in [3.05, 3.63) is 59.2 Å². The predicted octanol–water partition coefficient (Wildman–Crippen LogP) is 4.10. The molecule has 0 N–H and O–H groups in total. The minimum atomic E-state index is 0.193. The van der Waals surface area contributed by atoms with Crippen LogP contribution in [-0.2, 0) is 17.8 Å². The minimum Gasteiger partial charge on any atom is -0.493 e. The summed E-state index contributed by atoms with van der Waals surface area (Å²) < 4.78 is 11.2. The lowest BCUT2D eigenvalue weighted by atomic mass is 10.1. The van der Waals surface area contributed by atoms with E-state index in [1.54, 1.807) is 14.0 Å². The summed E-state index contributed by atoms with van der Waals surface area (Å²) in [5.74, 6) is 1.61. The minimum absolute atomic E-state index is 0.193. The van der Waals surface area contributed by atoms with Gasteiger partial charge in [0, 0.05) is 6.42 Å². The highest BCUT2D eigenvalue weighted by molar-refractivity contribution is 5.75. The van der Waals surface area contributed by atoms with E-state index in [2.05, 4.69) is 31.2 Å². The molecule has 22 heavy (non-hydrogen) atoms. The average Bonchev–Trinajstić information content (AvgIpc) is 2.52. The molecule has 0 heterocycles. The van der Waals surface area contributed by atoms with E-state index in [-0.39, 0.29) is 5.78 Å². The lowest BCUT2D eigenvalue weighted by Crippen LogP contribution is -2.00. The van der Waals surface area contributed by atoms with Gasteiger partial charge in [0.25, 0.3) is 0 Å². The van der Waals surface area contributed by atoms with Crippen molar-refractivity contribution < 1.29 is 14.3 Å². The van der Waals surface area contributed by atoms with Crippen LogP contribution in [0.2, 0.25) is 0 Å². The summed E-state index contributed by atoms with van der Waals surface area (Å²) in [5.41, 5.74) is 3.42. The van der Waals surface area contributed by atoms with E-state index >= 15 is 0 Å². The van der Waals surface area contributed by atoms with Gasteiger partial charge in [-0.15, -0.1) is 0 Å². The fourth-order valence-corrected chi connectivity index (χ4v) is 2.16. The highest BCUT2D eigenvalue weighted by atomic mass is 16.5. The Balaban J connectivity index is 2.08. The van der Waals surface area contributed by atoms with Gasteiger partial charge in [-0.2, -0.15) is 0 Å². The summed E-state index contributed by atoms with van der Waals surface area (Å²) in [4.78, 5) is 11.1. The van der Waals surface area contributed by atoms with Gasteiger partial charge in [0.05, 0.1) is 7.11 Å². The molecule has 0 radical (unpaired) electrons. The second-order valence-corrected chi connectivity index (χ2v) is 5.46. The van der Waals surface area contributed by atoms with Gasteiger partial charge in [0.15, 0.2) is 11.5 Å². The molecule has 0 amide bonds. The van der Waals surface area contributed by atoms with Gasteiger partial charge in [-0.1, -0.05) is 35.9 Å². The molecule has 116 valence electrons. The van der Waals surface area contributed by atoms with Crippen LogP contribution in [0.1, 0.15) is 30.0 Å². The summed E-state index contributed by atoms with van der Waals surface area (Å²) in [5, 5.41) is 0. The highest BCUT2D eigenvalue weighted by Gasteiger charge is 2.07. The number of methoxy groups -OCH3 is 1. The number of hydrogen-bond donors (Lipinski definition) is 0. The second kappa shape index (κ2) is 7.64. The van der Waals surface area contributed by atoms with Gasteiger partial charge in [-0.3, -0.25) is 0 Å². The Morgan fingerprint density at radius 2 is 1.68 bits per heavy atom. The van der Waals surface area contributed by atoms with E-state index in [1.807, 2.05) is 18.2 Å². The Morgan fingerprint density at radius 1 is 1.00 bits per heavy atom. The maximum atomic E-state index is 11.1. The Morgan fingerprint density at radius 3 is 2.32 bits per heavy atom. The molecular formula is C19H22O3. The summed E-state index contributed by atoms with van der Waals surface area (Å²) in [6, 6.07) is 14.1. The summed E-state index contributed by atoms with van der Waals surface area (Å²) >= 11 is 0. The standard InChI is InChI=1S/C19H22O3/c1-14-4-7-17(8-5-14)13-22-19-12-16(9-6-15(2)20)10-11-18(19)21-3/h4-5,7-8,10-12H,6,9,13H2,1-3H3. The molecule has 0 saturated heterocycles. The molecule has 0 aliphatic carbocycles. The third kappa shape index (κ3) is 4.62. The Bertz CT molecular complexity index is 630. The van der Waals surface area contributed by atoms with Crippen LogP contribution >= 0.6 is 0 Å². The second-order valence-electron chi connectivity index (χ2n) is 5.46. The van der Waals surface area contributed by atoms with Crippen LogP contribution in [0.5, 0.6) is 11.5 Å². The molecule has 0 spiro atoms. The molecule has 2 rings (SSSR count). The van der Waals surface area contributed by atoms with Crippen molar-refractivity contribution in [3.8, 4) is 11.5 Å². The first-order valence-corrected chi connectivity index (χ1v) is 7.43. The molecule has 3 nitrogen and oxygen atoms in total. The zero-order chi connectivity index (χ0) is 15.9. The maximum absolute atomic E-state index is 11.1. The number of carbonyl (C=O) groups is 1. The van der Waals surface area contributed by atoms with E-state index in [9.17, 15) is 4.79 Å². The van der Waals surface area contributed by atoms with E-state index < -0.39 is 0 Å². The van der Waals surface area contributed by atoms with Crippen molar-refractivity contribution in [2.75, 3.05) is 7.11 Å². The Kier molecular flexibility index (Phi) is 5.59. The largest absolute Gasteiger partial charge is 0.493 e. The SMILES string of the molecule is COc1ccc(CCC(C)=O)cc1OCc1ccc(C)cc1. The third-order valence-corrected chi connectivity index (χ3v) is 3.51. The van der Waals surface area contributed by atoms with Crippen LogP contribution < -0.4 is 9.47 Å². The van der Waals surface area contributed by atoms with Crippen LogP contribution in [0.4, 0.5) is 0 Å². The number of carbonyl (C=O) groups excluding carboxylic acids is 1. The van der Waals surface area contributed by atoms with Gasteiger partial charge >= 0.3 is 0 Å². The van der Waals surface area contributed by atoms with E-state index in [0.717, 1.165) is 17.5 Å². The zero-order valence-electron chi connectivity index (χ0n) is 13.4. The first-order valence-electron chi connectivity index (χ1n) is 7.43. The van der Waals surface area contributed by atoms with Crippen LogP contribution in [-0.4, -0.2) is 12.9 Å². The zero-order valence-corrected chi connectivity index (χ0v) is 13.4. The summed E-state index contributed by atoms with van der Waals surface area (Å²) in [6.07, 6.45) is 1.27. The van der Waals surface area contributed by atoms with Gasteiger partial charge in [0.1, 0.15) is 12.4 Å². The van der Waals surface area contributed by atoms with Crippen LogP contribution in [0, 0.1) is 6.92 Å². The number of rotatable bonds is 7. The molecule has 0 unspecified atom stereocenters. The van der Waals surface area contributed by atoms with E-state index in [1.165, 1.54) is 5.56 Å². The third-order valence-electron chi connectivity index (χ3n) is 3.51. The molecule has 2 aromatic rings. The van der Waals surface area contributed by atoms with Gasteiger partial charge in [-0.05, 0) is 43.5 Å². The topological polar surface area (TPSA) is 35.5 Å². The molecule has 0 aliphatic rings. The number of benzene rings is 2. The van der Waals surface area contributed by atoms with Crippen molar-refractivity contribution in [2.45, 2.75) is 33.3 Å².